The molecule has 4 rings (SSSR count). The molecule has 11 heteroatoms. The highest BCUT2D eigenvalue weighted by Crippen LogP contribution is 2.41. The quantitative estimate of drug-likeness (QED) is 0.383. The van der Waals surface area contributed by atoms with Gasteiger partial charge < -0.3 is 24.6 Å². The lowest BCUT2D eigenvalue weighted by molar-refractivity contribution is -0.152. The molecule has 2 atom stereocenters. The summed E-state index contributed by atoms with van der Waals surface area (Å²) >= 11 is 1.37. The molecule has 2 aromatic carbocycles. The van der Waals surface area contributed by atoms with Crippen LogP contribution in [0.4, 0.5) is 0 Å². The summed E-state index contributed by atoms with van der Waals surface area (Å²) in [6, 6.07) is 11.9. The fourth-order valence-corrected chi connectivity index (χ4v) is 5.31. The first-order chi connectivity index (χ1) is 17.3. The van der Waals surface area contributed by atoms with Gasteiger partial charge in [-0.3, -0.25) is 14.5 Å². The van der Waals surface area contributed by atoms with Crippen molar-refractivity contribution in [1.82, 2.24) is 10.2 Å². The molecule has 0 aliphatic carbocycles. The molecule has 2 N–H and O–H groups in total. The number of thioether (sulfide) groups is 1. The summed E-state index contributed by atoms with van der Waals surface area (Å²) in [7, 11) is 3.05. The van der Waals surface area contributed by atoms with Crippen LogP contribution in [0.1, 0.15) is 26.3 Å². The number of esters is 1. The Morgan fingerprint density at radius 1 is 1.06 bits per heavy atom. The Labute approximate surface area is 211 Å². The number of ether oxygens (including phenoxy) is 3. The Balaban J connectivity index is 1.49. The number of carboxylic acid groups (broad SMARTS) is 1. The Kier molecular flexibility index (Phi) is 7.61. The maximum absolute atomic E-state index is 13.1. The number of nitrogens with zero attached hydrogens (tertiary/aromatic N) is 1. The van der Waals surface area contributed by atoms with Crippen LogP contribution in [0.25, 0.3) is 0 Å². The van der Waals surface area contributed by atoms with Crippen LogP contribution < -0.4 is 10.1 Å². The van der Waals surface area contributed by atoms with Crippen LogP contribution in [-0.4, -0.2) is 71.8 Å². The predicted octanol–water partition coefficient (Wildman–Crippen LogP) is 2.05. The molecule has 2 heterocycles. The zero-order valence-electron chi connectivity index (χ0n) is 19.6. The van der Waals surface area contributed by atoms with Gasteiger partial charge in [-0.2, -0.15) is 0 Å². The van der Waals surface area contributed by atoms with E-state index in [9.17, 15) is 24.3 Å². The van der Waals surface area contributed by atoms with Gasteiger partial charge in [-0.15, -0.1) is 11.8 Å². The van der Waals surface area contributed by atoms with E-state index in [1.165, 1.54) is 42.0 Å². The molecule has 1 fully saturated rings. The number of benzene rings is 2. The summed E-state index contributed by atoms with van der Waals surface area (Å²) in [5.41, 5.74) is 1.24. The highest BCUT2D eigenvalue weighted by atomic mass is 32.2. The van der Waals surface area contributed by atoms with Gasteiger partial charge in [-0.05, 0) is 35.4 Å². The van der Waals surface area contributed by atoms with Crippen molar-refractivity contribution in [3.8, 4) is 5.75 Å². The van der Waals surface area contributed by atoms with E-state index in [2.05, 4.69) is 5.32 Å². The van der Waals surface area contributed by atoms with Crippen LogP contribution in [0.3, 0.4) is 0 Å². The number of carbonyl (C=O) groups is 4. The molecule has 0 saturated carbocycles. The summed E-state index contributed by atoms with van der Waals surface area (Å²) in [5.74, 6) is -2.01. The molecule has 1 saturated heterocycles. The summed E-state index contributed by atoms with van der Waals surface area (Å²) < 4.78 is 15.8. The molecule has 0 spiro atoms. The zero-order chi connectivity index (χ0) is 25.8. The molecule has 0 radical (unpaired) electrons. The molecule has 10 nitrogen and oxygen atoms in total. The topological polar surface area (TPSA) is 131 Å². The second-order valence-electron chi connectivity index (χ2n) is 8.02. The average Bonchev–Trinajstić information content (AvgIpc) is 2.90. The van der Waals surface area contributed by atoms with Crippen LogP contribution in [0, 0.1) is 0 Å². The van der Waals surface area contributed by atoms with Gasteiger partial charge in [0.15, 0.2) is 0 Å². The Morgan fingerprint density at radius 3 is 2.39 bits per heavy atom. The molecular formula is C25H24N2O8S. The third kappa shape index (κ3) is 4.93. The molecule has 2 amide bonds. The van der Waals surface area contributed by atoms with E-state index in [-0.39, 0.29) is 30.0 Å². The van der Waals surface area contributed by atoms with Crippen LogP contribution in [0.5, 0.6) is 5.75 Å². The first-order valence-corrected chi connectivity index (χ1v) is 12.0. The van der Waals surface area contributed by atoms with E-state index in [0.717, 1.165) is 5.56 Å². The highest BCUT2D eigenvalue weighted by Gasteiger charge is 2.54. The van der Waals surface area contributed by atoms with Gasteiger partial charge in [0.05, 0.1) is 24.8 Å². The van der Waals surface area contributed by atoms with E-state index in [0.29, 0.717) is 17.1 Å². The van der Waals surface area contributed by atoms with Crippen molar-refractivity contribution in [2.24, 2.45) is 0 Å². The number of β-lactam (4-membered cyclic amide) rings is 1. The third-order valence-corrected chi connectivity index (χ3v) is 7.12. The van der Waals surface area contributed by atoms with E-state index < -0.39 is 35.2 Å². The number of methoxy groups -OCH3 is 2. The van der Waals surface area contributed by atoms with Crippen LogP contribution in [0.15, 0.2) is 59.8 Å². The normalized spacial score (nSPS) is 18.7. The van der Waals surface area contributed by atoms with Crippen molar-refractivity contribution in [1.29, 1.82) is 0 Å². The standard InChI is InChI=1S/C25H24N2O8S/c1-33-12-15-13-36-23-19(26-21(28)17-5-3-4-6-18(17)24(30)31)22(29)27(23)20(15)25(32)35-11-14-7-9-16(34-2)10-8-14/h3-10,19,23H,11-13H2,1-2H3,(H,26,28)(H,30,31)/t19?,23-/m1/s1. The van der Waals surface area contributed by atoms with E-state index in [1.807, 2.05) is 0 Å². The van der Waals surface area contributed by atoms with Gasteiger partial charge in [-0.25, -0.2) is 9.59 Å². The largest absolute Gasteiger partial charge is 0.497 e. The van der Waals surface area contributed by atoms with Crippen molar-refractivity contribution in [2.75, 3.05) is 26.6 Å². The zero-order valence-corrected chi connectivity index (χ0v) is 20.4. The number of fused-ring (bicyclic) bond motifs is 1. The van der Waals surface area contributed by atoms with Crippen molar-refractivity contribution in [3.63, 3.8) is 0 Å². The van der Waals surface area contributed by atoms with E-state index in [4.69, 9.17) is 14.2 Å². The van der Waals surface area contributed by atoms with Gasteiger partial charge in [0.1, 0.15) is 29.5 Å². The van der Waals surface area contributed by atoms with Gasteiger partial charge in [-0.1, -0.05) is 24.3 Å². The molecule has 2 aliphatic rings. The number of amides is 2. The van der Waals surface area contributed by atoms with E-state index in [1.54, 1.807) is 37.4 Å². The second-order valence-corrected chi connectivity index (χ2v) is 9.13. The van der Waals surface area contributed by atoms with E-state index >= 15 is 0 Å². The SMILES string of the molecule is COCC1=C(C(=O)OCc2ccc(OC)cc2)N2C(=O)C(NC(=O)c3ccccc3C(=O)O)[C@H]2SC1. The highest BCUT2D eigenvalue weighted by molar-refractivity contribution is 8.00. The summed E-state index contributed by atoms with van der Waals surface area (Å²) in [5, 5.41) is 11.4. The summed E-state index contributed by atoms with van der Waals surface area (Å²) in [6.45, 7) is 0.137. The number of hydrogen-bond donors (Lipinski definition) is 2. The molecule has 1 unspecified atom stereocenters. The minimum Gasteiger partial charge on any atom is -0.497 e. The third-order valence-electron chi connectivity index (χ3n) is 5.78. The van der Waals surface area contributed by atoms with Crippen molar-refractivity contribution in [3.05, 3.63) is 76.5 Å². The van der Waals surface area contributed by atoms with Crippen LogP contribution in [0.2, 0.25) is 0 Å². The summed E-state index contributed by atoms with van der Waals surface area (Å²) in [4.78, 5) is 51.7. The van der Waals surface area contributed by atoms with Gasteiger partial charge in [0, 0.05) is 12.9 Å². The number of hydrogen-bond acceptors (Lipinski definition) is 8. The Morgan fingerprint density at radius 2 is 1.75 bits per heavy atom. The molecule has 2 aliphatic heterocycles. The first kappa shape index (κ1) is 25.3. The fraction of sp³-hybridized carbons (Fsp3) is 0.280. The first-order valence-electron chi connectivity index (χ1n) is 10.9. The Hall–Kier alpha value is -3.83. The maximum atomic E-state index is 13.1. The number of rotatable bonds is 9. The number of nitrogens with one attached hydrogen (secondary N) is 1. The monoisotopic (exact) mass is 512 g/mol. The lowest BCUT2D eigenvalue weighted by Crippen LogP contribution is -2.70. The molecule has 188 valence electrons. The van der Waals surface area contributed by atoms with Crippen LogP contribution in [-0.2, 0) is 25.7 Å². The van der Waals surface area contributed by atoms with Crippen molar-refractivity contribution >= 4 is 35.5 Å². The predicted molar refractivity (Wildman–Crippen MR) is 129 cm³/mol. The smallest absolute Gasteiger partial charge is 0.355 e. The maximum Gasteiger partial charge on any atom is 0.355 e. The fourth-order valence-electron chi connectivity index (χ4n) is 3.98. The minimum atomic E-state index is -1.25. The van der Waals surface area contributed by atoms with Gasteiger partial charge in [0.2, 0.25) is 0 Å². The second kappa shape index (κ2) is 10.8. The lowest BCUT2D eigenvalue weighted by atomic mass is 10.0. The number of carboxylic acids is 1. The molecule has 2 aromatic rings. The molecular weight excluding hydrogens is 488 g/mol. The van der Waals surface area contributed by atoms with Crippen molar-refractivity contribution < 1.29 is 38.5 Å². The minimum absolute atomic E-state index is 0.00142. The Bertz CT molecular complexity index is 1230. The van der Waals surface area contributed by atoms with Crippen LogP contribution >= 0.6 is 11.8 Å². The molecule has 36 heavy (non-hydrogen) atoms. The van der Waals surface area contributed by atoms with Gasteiger partial charge in [0.25, 0.3) is 11.8 Å². The molecule has 0 aromatic heterocycles. The lowest BCUT2D eigenvalue weighted by Gasteiger charge is -2.49. The number of aromatic carboxylic acids is 1. The summed E-state index contributed by atoms with van der Waals surface area (Å²) in [6.07, 6.45) is 0. The average molecular weight is 513 g/mol. The molecule has 0 bridgehead atoms. The van der Waals surface area contributed by atoms with Crippen molar-refractivity contribution in [2.45, 2.75) is 18.0 Å². The van der Waals surface area contributed by atoms with Gasteiger partial charge >= 0.3 is 11.9 Å². The number of carbonyl (C=O) groups excluding carboxylic acids is 3.